The van der Waals surface area contributed by atoms with Crippen molar-refractivity contribution in [2.45, 2.75) is 6.92 Å². The molecule has 1 N–H and O–H groups in total. The third kappa shape index (κ3) is 3.74. The van der Waals surface area contributed by atoms with Gasteiger partial charge in [-0.1, -0.05) is 36.1 Å². The maximum Gasteiger partial charge on any atom is 0.270 e. The molecule has 28 heavy (non-hydrogen) atoms. The molecule has 8 heteroatoms. The number of aromatic hydroxyl groups is 1. The third-order valence-corrected chi connectivity index (χ3v) is 5.41. The van der Waals surface area contributed by atoms with Gasteiger partial charge < -0.3 is 14.6 Å². The number of benzene rings is 2. The molecule has 1 amide bonds. The maximum absolute atomic E-state index is 12.9. The van der Waals surface area contributed by atoms with E-state index in [0.29, 0.717) is 26.0 Å². The Labute approximate surface area is 171 Å². The molecule has 0 saturated carbocycles. The number of anilines is 1. The van der Waals surface area contributed by atoms with Crippen LogP contribution in [0.25, 0.3) is 6.08 Å². The summed E-state index contributed by atoms with van der Waals surface area (Å²) in [6.45, 7) is 1.47. The van der Waals surface area contributed by atoms with Gasteiger partial charge in [0.1, 0.15) is 0 Å². The number of Topliss-reactive ketones (excluding diaryl/α,β-unsaturated/α-hetero) is 1. The molecule has 1 aliphatic heterocycles. The second kappa shape index (κ2) is 8.04. The first-order valence-electron chi connectivity index (χ1n) is 8.19. The fourth-order valence-corrected chi connectivity index (χ4v) is 4.00. The topological polar surface area (TPSA) is 76.1 Å². The van der Waals surface area contributed by atoms with Gasteiger partial charge in [-0.15, -0.1) is 0 Å². The van der Waals surface area contributed by atoms with E-state index in [9.17, 15) is 14.7 Å². The van der Waals surface area contributed by atoms with Crippen LogP contribution >= 0.6 is 24.0 Å². The Hall–Kier alpha value is -2.84. The molecule has 1 saturated heterocycles. The summed E-state index contributed by atoms with van der Waals surface area (Å²) in [4.78, 5) is 26.4. The first-order chi connectivity index (χ1) is 13.3. The minimum absolute atomic E-state index is 0.0916. The van der Waals surface area contributed by atoms with Crippen molar-refractivity contribution in [3.05, 3.63) is 52.4 Å². The molecule has 0 aliphatic carbocycles. The molecule has 0 bridgehead atoms. The van der Waals surface area contributed by atoms with Crippen molar-refractivity contribution in [3.63, 3.8) is 0 Å². The molecular weight excluding hydrogens is 398 g/mol. The molecule has 0 spiro atoms. The number of ether oxygens (including phenoxy) is 2. The molecule has 144 valence electrons. The van der Waals surface area contributed by atoms with Crippen molar-refractivity contribution in [2.24, 2.45) is 0 Å². The highest BCUT2D eigenvalue weighted by atomic mass is 32.2. The Balaban J connectivity index is 1.98. The van der Waals surface area contributed by atoms with Crippen LogP contribution in [0, 0.1) is 0 Å². The smallest absolute Gasteiger partial charge is 0.270 e. The van der Waals surface area contributed by atoms with Crippen LogP contribution in [-0.4, -0.2) is 35.3 Å². The number of hydrogen-bond acceptors (Lipinski definition) is 7. The molecule has 1 fully saturated rings. The number of ketones is 1. The summed E-state index contributed by atoms with van der Waals surface area (Å²) >= 11 is 6.53. The summed E-state index contributed by atoms with van der Waals surface area (Å²) in [6.07, 6.45) is 1.65. The van der Waals surface area contributed by atoms with E-state index in [4.69, 9.17) is 21.7 Å². The SMILES string of the molecule is COc1cc(/C=C2\SC(=S)N(c3cccc(C(C)=O)c3)C2=O)cc(OC)c1O. The number of methoxy groups -OCH3 is 2. The van der Waals surface area contributed by atoms with Crippen LogP contribution in [0.2, 0.25) is 0 Å². The lowest BCUT2D eigenvalue weighted by atomic mass is 10.1. The summed E-state index contributed by atoms with van der Waals surface area (Å²) in [7, 11) is 2.86. The number of phenols is 1. The van der Waals surface area contributed by atoms with Crippen LogP contribution in [0.4, 0.5) is 5.69 Å². The average molecular weight is 415 g/mol. The molecule has 3 rings (SSSR count). The summed E-state index contributed by atoms with van der Waals surface area (Å²) in [5.74, 6) is -0.0333. The monoisotopic (exact) mass is 415 g/mol. The van der Waals surface area contributed by atoms with Crippen molar-refractivity contribution in [1.29, 1.82) is 0 Å². The lowest BCUT2D eigenvalue weighted by Gasteiger charge is -2.15. The Morgan fingerprint density at radius 2 is 1.82 bits per heavy atom. The fraction of sp³-hybridized carbons (Fsp3) is 0.150. The first-order valence-corrected chi connectivity index (χ1v) is 9.42. The zero-order valence-corrected chi connectivity index (χ0v) is 17.0. The number of carbonyl (C=O) groups is 2. The standard InChI is InChI=1S/C20H17NO5S2/c1-11(22)13-5-4-6-14(10-13)21-19(24)17(28-20(21)27)9-12-7-15(25-2)18(23)16(8-12)26-3/h4-10,23H,1-3H3/b17-9-. The van der Waals surface area contributed by atoms with Crippen LogP contribution in [0.3, 0.4) is 0 Å². The van der Waals surface area contributed by atoms with Gasteiger partial charge in [-0.25, -0.2) is 0 Å². The molecular formula is C20H17NO5S2. The highest BCUT2D eigenvalue weighted by molar-refractivity contribution is 8.27. The third-order valence-electron chi connectivity index (χ3n) is 4.10. The van der Waals surface area contributed by atoms with Crippen LogP contribution in [0.1, 0.15) is 22.8 Å². The number of thiocarbonyl (C=S) groups is 1. The van der Waals surface area contributed by atoms with Gasteiger partial charge in [0.05, 0.1) is 24.8 Å². The van der Waals surface area contributed by atoms with Crippen LogP contribution in [0.15, 0.2) is 41.3 Å². The van der Waals surface area contributed by atoms with Gasteiger partial charge >= 0.3 is 0 Å². The van der Waals surface area contributed by atoms with Crippen LogP contribution < -0.4 is 14.4 Å². The Kier molecular flexibility index (Phi) is 5.71. The Morgan fingerprint density at radius 1 is 1.18 bits per heavy atom. The van der Waals surface area contributed by atoms with E-state index in [1.165, 1.54) is 26.0 Å². The van der Waals surface area contributed by atoms with Gasteiger partial charge in [-0.2, -0.15) is 0 Å². The first kappa shape index (κ1) is 19.9. The zero-order chi connectivity index (χ0) is 20.4. The molecule has 0 atom stereocenters. The number of amides is 1. The number of nitrogens with zero attached hydrogens (tertiary/aromatic N) is 1. The Morgan fingerprint density at radius 3 is 2.39 bits per heavy atom. The number of thioether (sulfide) groups is 1. The minimum atomic E-state index is -0.290. The number of hydrogen-bond donors (Lipinski definition) is 1. The van der Waals surface area contributed by atoms with Gasteiger partial charge in [0.25, 0.3) is 5.91 Å². The van der Waals surface area contributed by atoms with Crippen molar-refractivity contribution in [2.75, 3.05) is 19.1 Å². The summed E-state index contributed by atoms with van der Waals surface area (Å²) in [6, 6.07) is 9.97. The van der Waals surface area contributed by atoms with E-state index in [-0.39, 0.29) is 28.9 Å². The van der Waals surface area contributed by atoms with Crippen molar-refractivity contribution in [3.8, 4) is 17.2 Å². The van der Waals surface area contributed by atoms with E-state index < -0.39 is 0 Å². The van der Waals surface area contributed by atoms with Crippen molar-refractivity contribution in [1.82, 2.24) is 0 Å². The van der Waals surface area contributed by atoms with E-state index >= 15 is 0 Å². The van der Waals surface area contributed by atoms with Crippen LogP contribution in [0.5, 0.6) is 17.2 Å². The lowest BCUT2D eigenvalue weighted by Crippen LogP contribution is -2.27. The van der Waals surface area contributed by atoms with E-state index in [0.717, 1.165) is 11.8 Å². The molecule has 6 nitrogen and oxygen atoms in total. The number of phenolic OH excluding ortho intramolecular Hbond substituents is 1. The molecule has 0 radical (unpaired) electrons. The van der Waals surface area contributed by atoms with E-state index in [1.54, 1.807) is 42.5 Å². The van der Waals surface area contributed by atoms with Crippen molar-refractivity contribution >= 4 is 51.8 Å². The number of carbonyl (C=O) groups excluding carboxylic acids is 2. The predicted octanol–water partition coefficient (Wildman–Crippen LogP) is 4.02. The van der Waals surface area contributed by atoms with Gasteiger partial charge in [0.2, 0.25) is 5.75 Å². The minimum Gasteiger partial charge on any atom is -0.502 e. The highest BCUT2D eigenvalue weighted by Crippen LogP contribution is 2.40. The fourth-order valence-electron chi connectivity index (χ4n) is 2.70. The molecule has 0 aromatic heterocycles. The Bertz CT molecular complexity index is 990. The summed E-state index contributed by atoms with van der Waals surface area (Å²) in [5.41, 5.74) is 1.66. The van der Waals surface area contributed by atoms with Gasteiger partial charge in [-0.05, 0) is 42.8 Å². The quantitative estimate of drug-likeness (QED) is 0.449. The summed E-state index contributed by atoms with van der Waals surface area (Å²) in [5, 5.41) is 10.0. The van der Waals surface area contributed by atoms with Gasteiger partial charge in [-0.3, -0.25) is 14.5 Å². The van der Waals surface area contributed by atoms with Gasteiger partial charge in [0.15, 0.2) is 21.6 Å². The van der Waals surface area contributed by atoms with Crippen LogP contribution in [-0.2, 0) is 4.79 Å². The second-order valence-corrected chi connectivity index (χ2v) is 7.57. The molecule has 0 unspecified atom stereocenters. The van der Waals surface area contributed by atoms with E-state index in [2.05, 4.69) is 0 Å². The lowest BCUT2D eigenvalue weighted by molar-refractivity contribution is -0.113. The zero-order valence-electron chi connectivity index (χ0n) is 15.4. The maximum atomic E-state index is 12.9. The summed E-state index contributed by atoms with van der Waals surface area (Å²) < 4.78 is 10.7. The molecule has 2 aromatic carbocycles. The largest absolute Gasteiger partial charge is 0.502 e. The second-order valence-electron chi connectivity index (χ2n) is 5.90. The van der Waals surface area contributed by atoms with Gasteiger partial charge in [0, 0.05) is 5.56 Å². The normalized spacial score (nSPS) is 15.2. The molecule has 1 aliphatic rings. The average Bonchev–Trinajstić information content (AvgIpc) is 2.96. The number of rotatable bonds is 5. The van der Waals surface area contributed by atoms with Crippen molar-refractivity contribution < 1.29 is 24.2 Å². The molecule has 2 aromatic rings. The van der Waals surface area contributed by atoms with E-state index in [1.807, 2.05) is 0 Å². The predicted molar refractivity (Wildman–Crippen MR) is 113 cm³/mol. The molecule has 1 heterocycles. The highest BCUT2D eigenvalue weighted by Gasteiger charge is 2.33.